The van der Waals surface area contributed by atoms with Crippen LogP contribution in [0.4, 0.5) is 10.1 Å². The molecular weight excluding hydrogens is 345 g/mol. The van der Waals surface area contributed by atoms with E-state index in [9.17, 15) is 18.8 Å². The standard InChI is InChI=1S/C18H22FNO6/c1-11(21)25-15(17(23)26-18(2,3)4)14-16(22)20(8-9-24-14)13-7-5-6-12(19)10-13/h5-7,10,14-15H,8-9H2,1-4H3. The van der Waals surface area contributed by atoms with Crippen LogP contribution >= 0.6 is 0 Å². The molecule has 0 radical (unpaired) electrons. The number of amides is 1. The lowest BCUT2D eigenvalue weighted by Gasteiger charge is -2.35. The molecule has 2 unspecified atom stereocenters. The largest absolute Gasteiger partial charge is 0.457 e. The first-order chi connectivity index (χ1) is 12.1. The van der Waals surface area contributed by atoms with Gasteiger partial charge in [-0.1, -0.05) is 6.07 Å². The summed E-state index contributed by atoms with van der Waals surface area (Å²) in [5.41, 5.74) is -0.510. The van der Waals surface area contributed by atoms with Crippen LogP contribution in [-0.4, -0.2) is 48.8 Å². The van der Waals surface area contributed by atoms with E-state index in [1.165, 1.54) is 23.1 Å². The Kier molecular flexibility index (Phi) is 5.97. The summed E-state index contributed by atoms with van der Waals surface area (Å²) < 4.78 is 29.1. The highest BCUT2D eigenvalue weighted by Crippen LogP contribution is 2.23. The van der Waals surface area contributed by atoms with Gasteiger partial charge in [0, 0.05) is 19.2 Å². The van der Waals surface area contributed by atoms with Gasteiger partial charge in [-0.15, -0.1) is 0 Å². The van der Waals surface area contributed by atoms with Gasteiger partial charge in [-0.25, -0.2) is 9.18 Å². The van der Waals surface area contributed by atoms with E-state index in [0.717, 1.165) is 6.92 Å². The molecule has 7 nitrogen and oxygen atoms in total. The summed E-state index contributed by atoms with van der Waals surface area (Å²) in [6.45, 7) is 6.34. The zero-order chi connectivity index (χ0) is 19.5. The summed E-state index contributed by atoms with van der Waals surface area (Å²) >= 11 is 0. The van der Waals surface area contributed by atoms with Crippen LogP contribution in [0.2, 0.25) is 0 Å². The molecule has 0 aromatic heterocycles. The quantitative estimate of drug-likeness (QED) is 0.755. The van der Waals surface area contributed by atoms with Crippen molar-refractivity contribution in [2.45, 2.75) is 45.5 Å². The second kappa shape index (κ2) is 7.82. The average molecular weight is 367 g/mol. The van der Waals surface area contributed by atoms with Gasteiger partial charge in [0.1, 0.15) is 11.4 Å². The molecule has 0 saturated carbocycles. The molecule has 1 aromatic carbocycles. The van der Waals surface area contributed by atoms with Gasteiger partial charge in [-0.2, -0.15) is 0 Å². The first-order valence-corrected chi connectivity index (χ1v) is 8.17. The van der Waals surface area contributed by atoms with E-state index >= 15 is 0 Å². The number of esters is 2. The SMILES string of the molecule is CC(=O)OC(C(=O)OC(C)(C)C)C1OCCN(c2cccc(F)c2)C1=O. The molecule has 1 aliphatic heterocycles. The Hall–Kier alpha value is -2.48. The Morgan fingerprint density at radius 3 is 2.62 bits per heavy atom. The highest BCUT2D eigenvalue weighted by molar-refractivity contribution is 6.00. The molecule has 2 atom stereocenters. The highest BCUT2D eigenvalue weighted by atomic mass is 19.1. The van der Waals surface area contributed by atoms with Crippen molar-refractivity contribution < 1.29 is 33.0 Å². The van der Waals surface area contributed by atoms with Gasteiger partial charge >= 0.3 is 11.9 Å². The summed E-state index contributed by atoms with van der Waals surface area (Å²) in [6.07, 6.45) is -2.92. The molecule has 1 fully saturated rings. The monoisotopic (exact) mass is 367 g/mol. The van der Waals surface area contributed by atoms with Gasteiger partial charge in [0.05, 0.1) is 6.61 Å². The number of hydrogen-bond donors (Lipinski definition) is 0. The Morgan fingerprint density at radius 1 is 1.35 bits per heavy atom. The number of hydrogen-bond acceptors (Lipinski definition) is 6. The van der Waals surface area contributed by atoms with Crippen molar-refractivity contribution in [3.63, 3.8) is 0 Å². The predicted octanol–water partition coefficient (Wildman–Crippen LogP) is 1.83. The molecule has 0 bridgehead atoms. The maximum atomic E-state index is 13.5. The van der Waals surface area contributed by atoms with Crippen molar-refractivity contribution in [3.05, 3.63) is 30.1 Å². The normalized spacial score (nSPS) is 19.0. The number of nitrogens with zero attached hydrogens (tertiary/aromatic N) is 1. The van der Waals surface area contributed by atoms with Crippen molar-refractivity contribution in [1.29, 1.82) is 0 Å². The minimum Gasteiger partial charge on any atom is -0.457 e. The van der Waals surface area contributed by atoms with E-state index in [2.05, 4.69) is 0 Å². The number of rotatable bonds is 4. The molecule has 8 heteroatoms. The van der Waals surface area contributed by atoms with Crippen LogP contribution in [0, 0.1) is 5.82 Å². The van der Waals surface area contributed by atoms with Gasteiger partial charge in [0.25, 0.3) is 5.91 Å². The molecule has 1 aliphatic rings. The van der Waals surface area contributed by atoms with Gasteiger partial charge in [0.15, 0.2) is 6.10 Å². The van der Waals surface area contributed by atoms with Crippen molar-refractivity contribution in [2.75, 3.05) is 18.1 Å². The lowest BCUT2D eigenvalue weighted by atomic mass is 10.1. The summed E-state index contributed by atoms with van der Waals surface area (Å²) in [4.78, 5) is 37.9. The third-order valence-corrected chi connectivity index (χ3v) is 3.45. The number of anilines is 1. The Labute approximate surface area is 151 Å². The number of carbonyl (C=O) groups excluding carboxylic acids is 3. The summed E-state index contributed by atoms with van der Waals surface area (Å²) in [7, 11) is 0. The zero-order valence-electron chi connectivity index (χ0n) is 15.2. The predicted molar refractivity (Wildman–Crippen MR) is 89.9 cm³/mol. The summed E-state index contributed by atoms with van der Waals surface area (Å²) in [5.74, 6) is -2.74. The fourth-order valence-electron chi connectivity index (χ4n) is 2.50. The molecule has 0 spiro atoms. The van der Waals surface area contributed by atoms with Crippen LogP contribution < -0.4 is 4.90 Å². The lowest BCUT2D eigenvalue weighted by Crippen LogP contribution is -2.56. The lowest BCUT2D eigenvalue weighted by molar-refractivity contribution is -0.188. The topological polar surface area (TPSA) is 82.1 Å². The van der Waals surface area contributed by atoms with Crippen LogP contribution in [0.1, 0.15) is 27.7 Å². The number of benzene rings is 1. The van der Waals surface area contributed by atoms with E-state index in [4.69, 9.17) is 14.2 Å². The van der Waals surface area contributed by atoms with E-state index in [1.807, 2.05) is 0 Å². The molecule has 1 saturated heterocycles. The van der Waals surface area contributed by atoms with Crippen LogP contribution in [0.25, 0.3) is 0 Å². The van der Waals surface area contributed by atoms with Crippen molar-refractivity contribution in [3.8, 4) is 0 Å². The van der Waals surface area contributed by atoms with Crippen molar-refractivity contribution in [2.24, 2.45) is 0 Å². The fourth-order valence-corrected chi connectivity index (χ4v) is 2.50. The third kappa shape index (κ3) is 5.01. The van der Waals surface area contributed by atoms with E-state index in [1.54, 1.807) is 26.8 Å². The van der Waals surface area contributed by atoms with Gasteiger partial charge in [-0.3, -0.25) is 9.59 Å². The number of carbonyl (C=O) groups is 3. The van der Waals surface area contributed by atoms with Crippen LogP contribution in [0.3, 0.4) is 0 Å². The highest BCUT2D eigenvalue weighted by Gasteiger charge is 2.44. The van der Waals surface area contributed by atoms with E-state index in [-0.39, 0.29) is 13.2 Å². The Balaban J connectivity index is 2.27. The molecule has 1 amide bonds. The van der Waals surface area contributed by atoms with E-state index in [0.29, 0.717) is 5.69 Å². The molecule has 2 rings (SSSR count). The Morgan fingerprint density at radius 2 is 2.04 bits per heavy atom. The van der Waals surface area contributed by atoms with Crippen LogP contribution in [-0.2, 0) is 28.6 Å². The molecule has 1 heterocycles. The fraction of sp³-hybridized carbons (Fsp3) is 0.500. The van der Waals surface area contributed by atoms with Crippen LogP contribution in [0.5, 0.6) is 0 Å². The average Bonchev–Trinajstić information content (AvgIpc) is 2.51. The molecule has 1 aromatic rings. The first-order valence-electron chi connectivity index (χ1n) is 8.17. The molecular formula is C18H22FNO6. The smallest absolute Gasteiger partial charge is 0.351 e. The van der Waals surface area contributed by atoms with Gasteiger partial charge in [-0.05, 0) is 39.0 Å². The van der Waals surface area contributed by atoms with Gasteiger partial charge in [0.2, 0.25) is 6.10 Å². The summed E-state index contributed by atoms with van der Waals surface area (Å²) in [6, 6.07) is 5.50. The van der Waals surface area contributed by atoms with Crippen molar-refractivity contribution in [1.82, 2.24) is 0 Å². The zero-order valence-corrected chi connectivity index (χ0v) is 15.2. The molecule has 0 aliphatic carbocycles. The minimum absolute atomic E-state index is 0.0908. The first kappa shape index (κ1) is 19.8. The molecule has 0 N–H and O–H groups in total. The Bertz CT molecular complexity index is 699. The van der Waals surface area contributed by atoms with E-state index < -0.39 is 41.5 Å². The number of halogens is 1. The number of morpholine rings is 1. The second-order valence-corrected chi connectivity index (χ2v) is 6.82. The summed E-state index contributed by atoms with van der Waals surface area (Å²) in [5, 5.41) is 0. The molecule has 26 heavy (non-hydrogen) atoms. The van der Waals surface area contributed by atoms with Crippen molar-refractivity contribution >= 4 is 23.5 Å². The maximum Gasteiger partial charge on any atom is 0.351 e. The minimum atomic E-state index is -1.55. The van der Waals surface area contributed by atoms with Gasteiger partial charge < -0.3 is 19.1 Å². The maximum absolute atomic E-state index is 13.5. The van der Waals surface area contributed by atoms with Crippen LogP contribution in [0.15, 0.2) is 24.3 Å². The molecule has 142 valence electrons. The second-order valence-electron chi connectivity index (χ2n) is 6.82. The third-order valence-electron chi connectivity index (χ3n) is 3.45. The number of ether oxygens (including phenoxy) is 3.